The Bertz CT molecular complexity index is 753. The van der Waals surface area contributed by atoms with Crippen LogP contribution in [0.3, 0.4) is 0 Å². The van der Waals surface area contributed by atoms with E-state index in [9.17, 15) is 9.90 Å². The molecule has 23 heavy (non-hydrogen) atoms. The van der Waals surface area contributed by atoms with Gasteiger partial charge < -0.3 is 15.7 Å². The van der Waals surface area contributed by atoms with Crippen LogP contribution in [-0.2, 0) is 24.8 Å². The first-order chi connectivity index (χ1) is 10.9. The van der Waals surface area contributed by atoms with Gasteiger partial charge in [-0.2, -0.15) is 5.10 Å². The van der Waals surface area contributed by atoms with E-state index >= 15 is 0 Å². The average molecular weight is 314 g/mol. The van der Waals surface area contributed by atoms with Crippen LogP contribution in [0.4, 0.5) is 5.82 Å². The maximum atomic E-state index is 11.6. The van der Waals surface area contributed by atoms with Crippen LogP contribution in [0.25, 0.3) is 0 Å². The molecule has 3 N–H and O–H groups in total. The molecule has 1 aromatic carbocycles. The summed E-state index contributed by atoms with van der Waals surface area (Å²) in [5.74, 6) is -0.0484. The smallest absolute Gasteiger partial charge is 0.227 e. The van der Waals surface area contributed by atoms with Crippen molar-refractivity contribution in [3.05, 3.63) is 46.6 Å². The largest absolute Gasteiger partial charge is 0.392 e. The van der Waals surface area contributed by atoms with Gasteiger partial charge in [0.05, 0.1) is 17.7 Å². The van der Waals surface area contributed by atoms with Crippen molar-refractivity contribution < 1.29 is 9.90 Å². The van der Waals surface area contributed by atoms with Gasteiger partial charge in [-0.1, -0.05) is 18.2 Å². The maximum Gasteiger partial charge on any atom is 0.227 e. The van der Waals surface area contributed by atoms with Crippen LogP contribution in [0.15, 0.2) is 24.3 Å². The number of nitrogens with zero attached hydrogens (tertiary/aromatic N) is 3. The van der Waals surface area contributed by atoms with Crippen LogP contribution in [0.2, 0.25) is 0 Å². The Morgan fingerprint density at radius 1 is 1.48 bits per heavy atom. The third-order valence-electron chi connectivity index (χ3n) is 4.45. The third kappa shape index (κ3) is 2.82. The van der Waals surface area contributed by atoms with Crippen molar-refractivity contribution in [1.82, 2.24) is 9.78 Å². The Morgan fingerprint density at radius 2 is 2.22 bits per heavy atom. The molecule has 1 aliphatic carbocycles. The predicted molar refractivity (Wildman–Crippen MR) is 88.1 cm³/mol. The Kier molecular flexibility index (Phi) is 3.85. The third-order valence-corrected chi connectivity index (χ3v) is 4.45. The van der Waals surface area contributed by atoms with Crippen LogP contribution >= 0.6 is 0 Å². The first-order valence-corrected chi connectivity index (χ1v) is 7.67. The number of primary amides is 1. The maximum absolute atomic E-state index is 11.6. The summed E-state index contributed by atoms with van der Waals surface area (Å²) in [5, 5.41) is 14.4. The number of aliphatic hydroxyl groups excluding tert-OH is 1. The fourth-order valence-corrected chi connectivity index (χ4v) is 3.42. The van der Waals surface area contributed by atoms with E-state index in [0.29, 0.717) is 13.0 Å². The normalized spacial score (nSPS) is 19.7. The lowest BCUT2D eigenvalue weighted by molar-refractivity contribution is -0.121. The van der Waals surface area contributed by atoms with Crippen molar-refractivity contribution in [1.29, 1.82) is 0 Å². The molecule has 0 saturated carbocycles. The Morgan fingerprint density at radius 3 is 2.83 bits per heavy atom. The molecule has 0 radical (unpaired) electrons. The summed E-state index contributed by atoms with van der Waals surface area (Å²) in [5.41, 5.74) is 9.36. The number of nitrogens with two attached hydrogens (primary N) is 1. The van der Waals surface area contributed by atoms with E-state index < -0.39 is 17.9 Å². The van der Waals surface area contributed by atoms with E-state index in [4.69, 9.17) is 5.73 Å². The molecule has 1 heterocycles. The molecule has 6 nitrogen and oxygen atoms in total. The summed E-state index contributed by atoms with van der Waals surface area (Å²) in [6, 6.07) is 8.04. The lowest BCUT2D eigenvalue weighted by Crippen LogP contribution is -2.28. The molecular weight excluding hydrogens is 292 g/mol. The summed E-state index contributed by atoms with van der Waals surface area (Å²) in [7, 11) is 3.92. The van der Waals surface area contributed by atoms with E-state index in [1.165, 1.54) is 0 Å². The van der Waals surface area contributed by atoms with Gasteiger partial charge in [-0.25, -0.2) is 0 Å². The number of carbonyl (C=O) groups is 1. The summed E-state index contributed by atoms with van der Waals surface area (Å²) >= 11 is 0. The second-order valence-corrected chi connectivity index (χ2v) is 6.31. The van der Waals surface area contributed by atoms with Gasteiger partial charge in [0.15, 0.2) is 0 Å². The molecular formula is C17H22N4O2. The molecule has 1 amide bonds. The minimum Gasteiger partial charge on any atom is -0.392 e. The van der Waals surface area contributed by atoms with E-state index in [1.54, 1.807) is 0 Å². The van der Waals surface area contributed by atoms with Crippen molar-refractivity contribution in [2.24, 2.45) is 12.8 Å². The Hall–Kier alpha value is -2.34. The highest BCUT2D eigenvalue weighted by Crippen LogP contribution is 2.34. The number of aryl methyl sites for hydroxylation is 2. The van der Waals surface area contributed by atoms with Crippen molar-refractivity contribution in [3.8, 4) is 0 Å². The predicted octanol–water partition coefficient (Wildman–Crippen LogP) is 0.851. The lowest BCUT2D eigenvalue weighted by atomic mass is 9.97. The zero-order valence-electron chi connectivity index (χ0n) is 13.7. The van der Waals surface area contributed by atoms with Crippen LogP contribution in [-0.4, -0.2) is 33.9 Å². The van der Waals surface area contributed by atoms with Crippen molar-refractivity contribution >= 4 is 11.7 Å². The number of aliphatic hydroxyl groups is 1. The molecule has 0 aliphatic heterocycles. The van der Waals surface area contributed by atoms with E-state index in [0.717, 1.165) is 28.2 Å². The number of fused-ring (bicyclic) bond motifs is 1. The van der Waals surface area contributed by atoms with Crippen molar-refractivity contribution in [2.75, 3.05) is 11.9 Å². The number of rotatable bonds is 4. The summed E-state index contributed by atoms with van der Waals surface area (Å²) in [4.78, 5) is 13.7. The highest BCUT2D eigenvalue weighted by molar-refractivity contribution is 5.84. The number of anilines is 1. The first kappa shape index (κ1) is 15.6. The summed E-state index contributed by atoms with van der Waals surface area (Å²) in [6.45, 7) is 2.65. The van der Waals surface area contributed by atoms with Gasteiger partial charge in [0.2, 0.25) is 5.91 Å². The van der Waals surface area contributed by atoms with Crippen LogP contribution in [0.1, 0.15) is 28.3 Å². The molecule has 2 atom stereocenters. The number of carbonyl (C=O) groups excluding carboxylic acids is 1. The second kappa shape index (κ2) is 5.70. The van der Waals surface area contributed by atoms with Crippen LogP contribution < -0.4 is 10.6 Å². The molecule has 0 bridgehead atoms. The van der Waals surface area contributed by atoms with Gasteiger partial charge >= 0.3 is 0 Å². The first-order valence-electron chi connectivity index (χ1n) is 7.67. The van der Waals surface area contributed by atoms with Crippen molar-refractivity contribution in [3.63, 3.8) is 0 Å². The van der Waals surface area contributed by atoms with Crippen LogP contribution in [0.5, 0.6) is 0 Å². The summed E-state index contributed by atoms with van der Waals surface area (Å²) < 4.78 is 1.85. The molecule has 1 aliphatic rings. The number of amides is 1. The quantitative estimate of drug-likeness (QED) is 0.876. The van der Waals surface area contributed by atoms with Gasteiger partial charge in [0.25, 0.3) is 0 Å². The SMILES string of the molecule is Cc1cc(N(C)Cc2ccc3c(c2)[C@@H](C(N)=O)[C@H](O)C3)n(C)n1. The molecule has 0 saturated heterocycles. The number of hydrogen-bond donors (Lipinski definition) is 2. The zero-order chi connectivity index (χ0) is 16.7. The second-order valence-electron chi connectivity index (χ2n) is 6.31. The van der Waals surface area contributed by atoms with Gasteiger partial charge in [-0.3, -0.25) is 9.48 Å². The molecule has 0 unspecified atom stereocenters. The van der Waals surface area contributed by atoms with E-state index in [2.05, 4.69) is 10.00 Å². The molecule has 0 fully saturated rings. The molecule has 6 heteroatoms. The molecule has 1 aromatic heterocycles. The molecule has 2 aromatic rings. The highest BCUT2D eigenvalue weighted by Gasteiger charge is 2.35. The fourth-order valence-electron chi connectivity index (χ4n) is 3.42. The fraction of sp³-hybridized carbons (Fsp3) is 0.412. The Balaban J connectivity index is 1.85. The Labute approximate surface area is 135 Å². The average Bonchev–Trinajstić information content (AvgIpc) is 2.96. The minimum absolute atomic E-state index is 0.469. The highest BCUT2D eigenvalue weighted by atomic mass is 16.3. The zero-order valence-corrected chi connectivity index (χ0v) is 13.7. The monoisotopic (exact) mass is 314 g/mol. The van der Waals surface area contributed by atoms with Gasteiger partial charge in [-0.05, 0) is 30.0 Å². The van der Waals surface area contributed by atoms with Gasteiger partial charge in [0, 0.05) is 26.7 Å². The topological polar surface area (TPSA) is 84.4 Å². The molecule has 3 rings (SSSR count). The summed E-state index contributed by atoms with van der Waals surface area (Å²) in [6.07, 6.45) is -0.227. The van der Waals surface area contributed by atoms with E-state index in [1.807, 2.05) is 50.0 Å². The van der Waals surface area contributed by atoms with Gasteiger partial charge in [-0.15, -0.1) is 0 Å². The lowest BCUT2D eigenvalue weighted by Gasteiger charge is -2.20. The standard InChI is InChI=1S/C17H22N4O2/c1-10-6-15(21(3)19-10)20(2)9-11-4-5-12-8-14(22)16(17(18)23)13(12)7-11/h4-7,14,16,22H,8-9H2,1-3H3,(H2,18,23)/t14-,16-/m1/s1. The molecule has 0 spiro atoms. The minimum atomic E-state index is -0.713. The number of hydrogen-bond acceptors (Lipinski definition) is 4. The van der Waals surface area contributed by atoms with Crippen LogP contribution in [0, 0.1) is 6.92 Å². The van der Waals surface area contributed by atoms with E-state index in [-0.39, 0.29) is 0 Å². The number of benzene rings is 1. The van der Waals surface area contributed by atoms with Gasteiger partial charge in [0.1, 0.15) is 5.82 Å². The number of aromatic nitrogens is 2. The molecule has 122 valence electrons. The van der Waals surface area contributed by atoms with Crippen molar-refractivity contribution in [2.45, 2.75) is 31.9 Å².